The Balaban J connectivity index is 0.00000208. The molecule has 1 fully saturated rings. The second-order valence-electron chi connectivity index (χ2n) is 6.04. The van der Waals surface area contributed by atoms with Crippen LogP contribution in [0.3, 0.4) is 0 Å². The van der Waals surface area contributed by atoms with Crippen molar-refractivity contribution >= 4 is 24.2 Å². The molecule has 2 amide bonds. The SMILES string of the molecule is Cl.O=C(CC1COCCN1)NCC(=O)N1CCc2ccccc2C1. The molecule has 1 aromatic rings. The Labute approximate surface area is 148 Å². The third-order valence-electron chi connectivity index (χ3n) is 4.35. The van der Waals surface area contributed by atoms with Crippen LogP contribution < -0.4 is 10.6 Å². The number of benzene rings is 1. The Morgan fingerprint density at radius 1 is 1.29 bits per heavy atom. The van der Waals surface area contributed by atoms with Crippen LogP contribution in [0.4, 0.5) is 0 Å². The molecule has 1 aromatic carbocycles. The molecule has 0 bridgehead atoms. The van der Waals surface area contributed by atoms with Crippen molar-refractivity contribution in [1.82, 2.24) is 15.5 Å². The van der Waals surface area contributed by atoms with Crippen molar-refractivity contribution in [2.75, 3.05) is 32.8 Å². The summed E-state index contributed by atoms with van der Waals surface area (Å²) in [4.78, 5) is 26.0. The largest absolute Gasteiger partial charge is 0.378 e. The quantitative estimate of drug-likeness (QED) is 0.826. The number of morpholine rings is 1. The molecule has 7 heteroatoms. The number of rotatable bonds is 4. The van der Waals surface area contributed by atoms with Crippen LogP contribution in [0.1, 0.15) is 17.5 Å². The van der Waals surface area contributed by atoms with Gasteiger partial charge in [-0.2, -0.15) is 0 Å². The Bertz CT molecular complexity index is 576. The minimum atomic E-state index is -0.112. The highest BCUT2D eigenvalue weighted by Gasteiger charge is 2.21. The first kappa shape index (κ1) is 18.7. The van der Waals surface area contributed by atoms with E-state index in [0.29, 0.717) is 32.7 Å². The number of fused-ring (bicyclic) bond motifs is 1. The molecule has 3 rings (SSSR count). The van der Waals surface area contributed by atoms with Gasteiger partial charge in [-0.3, -0.25) is 9.59 Å². The standard InChI is InChI=1S/C17H23N3O3.ClH/c21-16(9-15-12-23-8-6-18-15)19-10-17(22)20-7-5-13-3-1-2-4-14(13)11-20;/h1-4,15,18H,5-12H2,(H,19,21);1H. The van der Waals surface area contributed by atoms with Crippen LogP contribution in [0.2, 0.25) is 0 Å². The Morgan fingerprint density at radius 2 is 2.08 bits per heavy atom. The van der Waals surface area contributed by atoms with E-state index in [1.807, 2.05) is 17.0 Å². The van der Waals surface area contributed by atoms with E-state index < -0.39 is 0 Å². The average molecular weight is 354 g/mol. The molecule has 0 saturated carbocycles. The third-order valence-corrected chi connectivity index (χ3v) is 4.35. The van der Waals surface area contributed by atoms with Crippen LogP contribution >= 0.6 is 12.4 Å². The van der Waals surface area contributed by atoms with Gasteiger partial charge in [-0.25, -0.2) is 0 Å². The lowest BCUT2D eigenvalue weighted by molar-refractivity contribution is -0.133. The van der Waals surface area contributed by atoms with Gasteiger partial charge in [0.05, 0.1) is 19.8 Å². The fraction of sp³-hybridized carbons (Fsp3) is 0.529. The van der Waals surface area contributed by atoms with Crippen LogP contribution in [0, 0.1) is 0 Å². The van der Waals surface area contributed by atoms with E-state index in [0.717, 1.165) is 13.0 Å². The molecule has 24 heavy (non-hydrogen) atoms. The summed E-state index contributed by atoms with van der Waals surface area (Å²) in [5, 5.41) is 5.96. The van der Waals surface area contributed by atoms with Crippen LogP contribution in [-0.2, 0) is 27.3 Å². The van der Waals surface area contributed by atoms with E-state index in [2.05, 4.69) is 22.8 Å². The topological polar surface area (TPSA) is 70.7 Å². The number of hydrogen-bond acceptors (Lipinski definition) is 4. The third kappa shape index (κ3) is 4.93. The zero-order chi connectivity index (χ0) is 16.1. The van der Waals surface area contributed by atoms with E-state index in [-0.39, 0.29) is 36.8 Å². The van der Waals surface area contributed by atoms with Gasteiger partial charge in [0.1, 0.15) is 0 Å². The smallest absolute Gasteiger partial charge is 0.242 e. The predicted octanol–water partition coefficient (Wildman–Crippen LogP) is 0.488. The first-order chi connectivity index (χ1) is 11.2. The number of carbonyl (C=O) groups excluding carboxylic acids is 2. The molecule has 1 saturated heterocycles. The minimum Gasteiger partial charge on any atom is -0.378 e. The molecule has 0 spiro atoms. The molecular weight excluding hydrogens is 330 g/mol. The van der Waals surface area contributed by atoms with Crippen LogP contribution in [-0.4, -0.2) is 55.6 Å². The summed E-state index contributed by atoms with van der Waals surface area (Å²) in [5.74, 6) is -0.139. The summed E-state index contributed by atoms with van der Waals surface area (Å²) in [7, 11) is 0. The molecule has 2 aliphatic rings. The highest BCUT2D eigenvalue weighted by Crippen LogP contribution is 2.18. The van der Waals surface area contributed by atoms with Crippen molar-refractivity contribution in [3.63, 3.8) is 0 Å². The molecule has 2 aliphatic heterocycles. The molecule has 132 valence electrons. The van der Waals surface area contributed by atoms with Gasteiger partial charge in [-0.1, -0.05) is 24.3 Å². The lowest BCUT2D eigenvalue weighted by atomic mass is 10.00. The zero-order valence-corrected chi connectivity index (χ0v) is 14.4. The van der Waals surface area contributed by atoms with Gasteiger partial charge in [0.15, 0.2) is 0 Å². The highest BCUT2D eigenvalue weighted by atomic mass is 35.5. The molecule has 0 radical (unpaired) electrons. The number of carbonyl (C=O) groups is 2. The summed E-state index contributed by atoms with van der Waals surface area (Å²) < 4.78 is 5.32. The monoisotopic (exact) mass is 353 g/mol. The van der Waals surface area contributed by atoms with Gasteiger partial charge in [0, 0.05) is 32.1 Å². The molecule has 0 aliphatic carbocycles. The molecule has 2 N–H and O–H groups in total. The van der Waals surface area contributed by atoms with Crippen molar-refractivity contribution in [2.24, 2.45) is 0 Å². The minimum absolute atomic E-state index is 0. The first-order valence-electron chi connectivity index (χ1n) is 8.15. The fourth-order valence-corrected chi connectivity index (χ4v) is 3.04. The second kappa shape index (κ2) is 9.01. The van der Waals surface area contributed by atoms with Gasteiger partial charge < -0.3 is 20.3 Å². The highest BCUT2D eigenvalue weighted by molar-refractivity contribution is 5.85. The number of amides is 2. The maximum Gasteiger partial charge on any atom is 0.242 e. The summed E-state index contributed by atoms with van der Waals surface area (Å²) in [6.07, 6.45) is 1.22. The summed E-state index contributed by atoms with van der Waals surface area (Å²) in [5.41, 5.74) is 2.51. The summed E-state index contributed by atoms with van der Waals surface area (Å²) in [6.45, 7) is 3.41. The number of nitrogens with zero attached hydrogens (tertiary/aromatic N) is 1. The predicted molar refractivity (Wildman–Crippen MR) is 93.0 cm³/mol. The molecule has 2 heterocycles. The van der Waals surface area contributed by atoms with E-state index in [9.17, 15) is 9.59 Å². The molecule has 0 aromatic heterocycles. The van der Waals surface area contributed by atoms with E-state index >= 15 is 0 Å². The Morgan fingerprint density at radius 3 is 2.83 bits per heavy atom. The maximum absolute atomic E-state index is 12.3. The summed E-state index contributed by atoms with van der Waals surface area (Å²) >= 11 is 0. The van der Waals surface area contributed by atoms with Crippen molar-refractivity contribution in [3.05, 3.63) is 35.4 Å². The normalized spacial score (nSPS) is 19.8. The van der Waals surface area contributed by atoms with E-state index in [1.54, 1.807) is 0 Å². The van der Waals surface area contributed by atoms with Crippen LogP contribution in [0.25, 0.3) is 0 Å². The molecular formula is C17H24ClN3O3. The average Bonchev–Trinajstić information content (AvgIpc) is 2.60. The van der Waals surface area contributed by atoms with Gasteiger partial charge in [-0.05, 0) is 17.5 Å². The Hall–Kier alpha value is -1.63. The van der Waals surface area contributed by atoms with Crippen molar-refractivity contribution in [1.29, 1.82) is 0 Å². The van der Waals surface area contributed by atoms with Gasteiger partial charge in [0.25, 0.3) is 0 Å². The lowest BCUT2D eigenvalue weighted by Gasteiger charge is -2.29. The lowest BCUT2D eigenvalue weighted by Crippen LogP contribution is -2.46. The van der Waals surface area contributed by atoms with Gasteiger partial charge in [-0.15, -0.1) is 12.4 Å². The number of nitrogens with one attached hydrogen (secondary N) is 2. The van der Waals surface area contributed by atoms with Crippen molar-refractivity contribution in [2.45, 2.75) is 25.4 Å². The second-order valence-corrected chi connectivity index (χ2v) is 6.04. The van der Waals surface area contributed by atoms with Crippen molar-refractivity contribution in [3.8, 4) is 0 Å². The number of hydrogen-bond donors (Lipinski definition) is 2. The van der Waals surface area contributed by atoms with E-state index in [1.165, 1.54) is 11.1 Å². The molecule has 1 unspecified atom stereocenters. The fourth-order valence-electron chi connectivity index (χ4n) is 3.04. The van der Waals surface area contributed by atoms with Crippen LogP contribution in [0.15, 0.2) is 24.3 Å². The molecule has 6 nitrogen and oxygen atoms in total. The van der Waals surface area contributed by atoms with Crippen molar-refractivity contribution < 1.29 is 14.3 Å². The first-order valence-corrected chi connectivity index (χ1v) is 8.15. The zero-order valence-electron chi connectivity index (χ0n) is 13.6. The van der Waals surface area contributed by atoms with E-state index in [4.69, 9.17) is 4.74 Å². The van der Waals surface area contributed by atoms with Crippen LogP contribution in [0.5, 0.6) is 0 Å². The van der Waals surface area contributed by atoms with Gasteiger partial charge in [0.2, 0.25) is 11.8 Å². The van der Waals surface area contributed by atoms with Gasteiger partial charge >= 0.3 is 0 Å². The number of ether oxygens (including phenoxy) is 1. The summed E-state index contributed by atoms with van der Waals surface area (Å²) in [6, 6.07) is 8.23. The Kier molecular flexibility index (Phi) is 7.02. The number of halogens is 1. The molecule has 1 atom stereocenters. The maximum atomic E-state index is 12.3.